The zero-order chi connectivity index (χ0) is 60.1. The molecule has 8 rings (SSSR count). The lowest BCUT2D eigenvalue weighted by atomic mass is 10.1. The van der Waals surface area contributed by atoms with E-state index in [2.05, 4.69) is 71.6 Å². The SMILES string of the molecule is Nc1c(N=Nc2ccc(Nc3nc(Cl)nc(Nc4ccccc4S(=O)(=O)O)n3)cc2S(=O)(=O)O)c(S(=O)(=O)O)cc2cc(S(=O)(=O)O)c(N=Nc3ccc(Nc4nc(Cl)nc(Nc5ccccc5S(=O)(=O)O)n4)cc3S(=O)(=O)O)c(O)c12. The van der Waals surface area contributed by atoms with Crippen LogP contribution in [0.25, 0.3) is 10.8 Å². The van der Waals surface area contributed by atoms with Crippen LogP contribution in [0.15, 0.2) is 147 Å². The molecule has 13 N–H and O–H groups in total. The molecule has 0 saturated carbocycles. The third-order valence-electron chi connectivity index (χ3n) is 10.4. The van der Waals surface area contributed by atoms with Crippen molar-refractivity contribution in [2.24, 2.45) is 20.5 Å². The number of nitrogens with two attached hydrogens (primary N) is 1. The molecule has 42 heteroatoms. The Kier molecular flexibility index (Phi) is 16.2. The summed E-state index contributed by atoms with van der Waals surface area (Å²) in [7, 11) is -31.2. The first-order valence-corrected chi connectivity index (χ1v) is 30.6. The van der Waals surface area contributed by atoms with Crippen molar-refractivity contribution in [3.05, 3.63) is 108 Å². The number of phenolic OH excluding ortho intramolecular Hbond substituents is 1. The Balaban J connectivity index is 1.15. The van der Waals surface area contributed by atoms with Gasteiger partial charge in [-0.25, -0.2) is 0 Å². The van der Waals surface area contributed by atoms with Crippen LogP contribution in [0.4, 0.5) is 75.0 Å². The molecule has 8 aromatic rings. The number of nitrogens with zero attached hydrogens (tertiary/aromatic N) is 10. The second-order valence-electron chi connectivity index (χ2n) is 15.9. The van der Waals surface area contributed by atoms with Crippen molar-refractivity contribution < 1.29 is 82.9 Å². The van der Waals surface area contributed by atoms with Gasteiger partial charge < -0.3 is 32.1 Å². The summed E-state index contributed by atoms with van der Waals surface area (Å²) in [6, 6.07) is 16.3. The molecule has 2 aromatic heterocycles. The molecule has 0 spiro atoms. The molecule has 0 saturated heterocycles. The predicted octanol–water partition coefficient (Wildman–Crippen LogP) is 7.09. The number of anilines is 9. The minimum absolute atomic E-state index is 0.202. The van der Waals surface area contributed by atoms with E-state index >= 15 is 0 Å². The summed E-state index contributed by atoms with van der Waals surface area (Å²) in [5.41, 5.74) is 0.515. The van der Waals surface area contributed by atoms with Gasteiger partial charge in [-0.1, -0.05) is 24.3 Å². The Labute approximate surface area is 469 Å². The summed E-state index contributed by atoms with van der Waals surface area (Å²) in [5, 5.41) is 33.9. The topological polar surface area (TPSA) is 547 Å². The van der Waals surface area contributed by atoms with Crippen LogP contribution in [0.3, 0.4) is 0 Å². The van der Waals surface area contributed by atoms with Crippen LogP contribution in [0.2, 0.25) is 10.6 Å². The summed E-state index contributed by atoms with van der Waals surface area (Å²) < 4.78 is 210. The van der Waals surface area contributed by atoms with E-state index in [1.165, 1.54) is 36.4 Å². The van der Waals surface area contributed by atoms with Crippen LogP contribution < -0.4 is 27.0 Å². The van der Waals surface area contributed by atoms with Crippen molar-refractivity contribution in [2.45, 2.75) is 29.4 Å². The average molecular weight is 1290 g/mol. The van der Waals surface area contributed by atoms with Crippen molar-refractivity contribution in [2.75, 3.05) is 27.0 Å². The second kappa shape index (κ2) is 22.2. The molecule has 0 fully saturated rings. The number of phenols is 1. The van der Waals surface area contributed by atoms with E-state index in [0.29, 0.717) is 12.1 Å². The Morgan fingerprint density at radius 2 is 0.744 bits per heavy atom. The molecule has 0 atom stereocenters. The van der Waals surface area contributed by atoms with E-state index in [-0.39, 0.29) is 22.7 Å². The highest BCUT2D eigenvalue weighted by Crippen LogP contribution is 2.49. The lowest BCUT2D eigenvalue weighted by molar-refractivity contribution is 0.472. The average Bonchev–Trinajstić information content (AvgIpc) is 3.37. The molecule has 0 aliphatic heterocycles. The maximum absolute atomic E-state index is 12.8. The first-order chi connectivity index (χ1) is 38.0. The fraction of sp³-hybridized carbons (Fsp3) is 0. The number of nitrogen functional groups attached to an aromatic ring is 1. The molecule has 0 bridgehead atoms. The number of fused-ring (bicyclic) bond motifs is 1. The largest absolute Gasteiger partial charge is 0.505 e. The summed E-state index contributed by atoms with van der Waals surface area (Å²) >= 11 is 12.1. The highest BCUT2D eigenvalue weighted by atomic mass is 35.5. The number of benzene rings is 6. The number of nitrogens with one attached hydrogen (secondary N) is 4. The van der Waals surface area contributed by atoms with Gasteiger partial charge in [-0.15, -0.1) is 20.5 Å². The Hall–Kier alpha value is -8.36. The van der Waals surface area contributed by atoms with Gasteiger partial charge in [-0.2, -0.15) is 80.4 Å². The first kappa shape index (κ1) is 59.8. The van der Waals surface area contributed by atoms with Gasteiger partial charge in [0.15, 0.2) is 5.75 Å². The van der Waals surface area contributed by atoms with Crippen molar-refractivity contribution in [1.82, 2.24) is 29.9 Å². The van der Waals surface area contributed by atoms with Crippen molar-refractivity contribution in [3.8, 4) is 5.75 Å². The van der Waals surface area contributed by atoms with Gasteiger partial charge in [0.05, 0.1) is 22.4 Å². The fourth-order valence-electron chi connectivity index (χ4n) is 7.09. The number of halogens is 2. The highest BCUT2D eigenvalue weighted by molar-refractivity contribution is 7.87. The smallest absolute Gasteiger partial charge is 0.296 e. The van der Waals surface area contributed by atoms with Crippen molar-refractivity contribution in [1.29, 1.82) is 0 Å². The number of hydrogen-bond acceptors (Lipinski definition) is 28. The molecular formula is C40H29Cl2N15O19S6. The standard InChI is InChI=1S/C40H29Cl2N15O19S6/c41-35-48-37(52-39(50-35)46-20-5-1-3-7-24(20)77(59,60)61)44-18-9-11-22(26(15-18)79(65,66)67)54-56-32-28(81(71,72)73)13-17-14-29(82(74,75)76)33(34(58)30(17)31(32)43)57-55-23-12-10-19(16-27(23)80(68,69)70)45-38-49-36(42)51-40(53-38)47-21-6-2-4-8-25(21)78(62,63)64/h1-16,58H,43H2,(H,59,60,61)(H,62,63,64)(H,65,66,67)(H,68,69,70)(H,71,72,73)(H,74,75,76)(H2,44,46,48,50,52)(H2,45,47,49,51,53). The molecular weight excluding hydrogens is 1260 g/mol. The molecule has 0 radical (unpaired) electrons. The molecule has 0 aliphatic rings. The van der Waals surface area contributed by atoms with Gasteiger partial charge in [-0.3, -0.25) is 27.3 Å². The van der Waals surface area contributed by atoms with Gasteiger partial charge in [0.1, 0.15) is 52.1 Å². The summed E-state index contributed by atoms with van der Waals surface area (Å²) in [6.45, 7) is 0. The third kappa shape index (κ3) is 13.7. The van der Waals surface area contributed by atoms with Gasteiger partial charge in [0.25, 0.3) is 60.7 Å². The zero-order valence-electron chi connectivity index (χ0n) is 39.5. The van der Waals surface area contributed by atoms with Gasteiger partial charge >= 0.3 is 0 Å². The maximum atomic E-state index is 12.8. The van der Waals surface area contributed by atoms with Crippen LogP contribution in [0.1, 0.15) is 0 Å². The van der Waals surface area contributed by atoms with E-state index in [1.54, 1.807) is 0 Å². The molecule has 6 aromatic carbocycles. The molecule has 0 aliphatic carbocycles. The normalized spacial score (nSPS) is 12.7. The minimum Gasteiger partial charge on any atom is -0.505 e. The molecule has 2 heterocycles. The number of para-hydroxylation sites is 2. The van der Waals surface area contributed by atoms with Crippen molar-refractivity contribution >= 4 is 170 Å². The summed E-state index contributed by atoms with van der Waals surface area (Å²) in [6.07, 6.45) is 0. The van der Waals surface area contributed by atoms with Crippen LogP contribution >= 0.6 is 23.2 Å². The Morgan fingerprint density at radius 3 is 1.12 bits per heavy atom. The van der Waals surface area contributed by atoms with E-state index < -0.39 is 169 Å². The third-order valence-corrected chi connectivity index (χ3v) is 16.1. The summed E-state index contributed by atoms with van der Waals surface area (Å²) in [5.74, 6) is -3.01. The number of aromatic nitrogens is 6. The van der Waals surface area contributed by atoms with Crippen LogP contribution in [-0.4, -0.2) is 113 Å². The maximum Gasteiger partial charge on any atom is 0.296 e. The predicted molar refractivity (Wildman–Crippen MR) is 286 cm³/mol. The minimum atomic E-state index is -5.55. The zero-order valence-corrected chi connectivity index (χ0v) is 45.9. The number of hydrogen-bond donors (Lipinski definition) is 12. The van der Waals surface area contributed by atoms with E-state index in [9.17, 15) is 82.9 Å². The molecule has 34 nitrogen and oxygen atoms in total. The van der Waals surface area contributed by atoms with Gasteiger partial charge in [0, 0.05) is 11.4 Å². The summed E-state index contributed by atoms with van der Waals surface area (Å²) in [4.78, 5) is 17.4. The second-order valence-corrected chi connectivity index (χ2v) is 24.9. The number of azo groups is 2. The van der Waals surface area contributed by atoms with Crippen LogP contribution in [0, 0.1) is 0 Å². The highest BCUT2D eigenvalue weighted by Gasteiger charge is 2.29. The quantitative estimate of drug-likeness (QED) is 0.0232. The van der Waals surface area contributed by atoms with Gasteiger partial charge in [-0.05, 0) is 101 Å². The Morgan fingerprint density at radius 1 is 0.402 bits per heavy atom. The Bertz CT molecular complexity index is 4490. The number of aromatic hydroxyl groups is 1. The lowest BCUT2D eigenvalue weighted by Gasteiger charge is -2.14. The van der Waals surface area contributed by atoms with E-state index in [1.807, 2.05) is 0 Å². The van der Waals surface area contributed by atoms with Crippen LogP contribution in [-0.2, 0) is 60.7 Å². The molecule has 0 unspecified atom stereocenters. The van der Waals surface area contributed by atoms with E-state index in [4.69, 9.17) is 28.9 Å². The monoisotopic (exact) mass is 1280 g/mol. The lowest BCUT2D eigenvalue weighted by Crippen LogP contribution is -2.07. The fourth-order valence-corrected chi connectivity index (χ4v) is 11.3. The number of rotatable bonds is 18. The van der Waals surface area contributed by atoms with Gasteiger partial charge in [0.2, 0.25) is 34.4 Å². The van der Waals surface area contributed by atoms with Crippen LogP contribution in [0.5, 0.6) is 5.75 Å². The molecule has 82 heavy (non-hydrogen) atoms. The van der Waals surface area contributed by atoms with Crippen molar-refractivity contribution in [3.63, 3.8) is 0 Å². The molecule has 428 valence electrons. The first-order valence-electron chi connectivity index (χ1n) is 21.2. The van der Waals surface area contributed by atoms with E-state index in [0.717, 1.165) is 48.5 Å². The molecule has 0 amide bonds.